The normalized spacial score (nSPS) is 12.5. The number of nitrogens with zero attached hydrogens (tertiary/aromatic N) is 3. The predicted molar refractivity (Wildman–Crippen MR) is 103 cm³/mol. The van der Waals surface area contributed by atoms with Gasteiger partial charge in [-0.1, -0.05) is 35.0 Å². The highest BCUT2D eigenvalue weighted by atomic mass is 79.9. The minimum Gasteiger partial charge on any atom is -0.345 e. The molecule has 0 spiro atoms. The highest BCUT2D eigenvalue weighted by Crippen LogP contribution is 2.21. The van der Waals surface area contributed by atoms with E-state index in [-0.39, 0.29) is 18.0 Å². The molecular formula is C19H21BrN4O. The van der Waals surface area contributed by atoms with Gasteiger partial charge in [0.1, 0.15) is 0 Å². The number of aromatic nitrogens is 3. The van der Waals surface area contributed by atoms with E-state index in [1.807, 2.05) is 35.0 Å². The summed E-state index contributed by atoms with van der Waals surface area (Å²) < 4.78 is 2.88. The van der Waals surface area contributed by atoms with E-state index in [0.717, 1.165) is 27.5 Å². The van der Waals surface area contributed by atoms with Crippen LogP contribution in [0.4, 0.5) is 0 Å². The first kappa shape index (κ1) is 17.6. The molecular weight excluding hydrogens is 380 g/mol. The second-order valence-electron chi connectivity index (χ2n) is 6.31. The van der Waals surface area contributed by atoms with Crippen LogP contribution in [0.25, 0.3) is 11.0 Å². The predicted octanol–water partition coefficient (Wildman–Crippen LogP) is 4.66. The van der Waals surface area contributed by atoms with Crippen molar-refractivity contribution in [3.05, 3.63) is 58.3 Å². The molecule has 5 nitrogen and oxygen atoms in total. The van der Waals surface area contributed by atoms with Crippen molar-refractivity contribution >= 4 is 32.9 Å². The monoisotopic (exact) mass is 400 g/mol. The second-order valence-corrected chi connectivity index (χ2v) is 7.22. The molecule has 0 saturated carbocycles. The summed E-state index contributed by atoms with van der Waals surface area (Å²) in [4.78, 5) is 17.1. The maximum absolute atomic E-state index is 12.7. The third-order valence-electron chi connectivity index (χ3n) is 4.17. The number of halogens is 1. The third-order valence-corrected chi connectivity index (χ3v) is 4.70. The highest BCUT2D eigenvalue weighted by molar-refractivity contribution is 9.10. The van der Waals surface area contributed by atoms with Crippen LogP contribution >= 0.6 is 15.9 Å². The van der Waals surface area contributed by atoms with Crippen LogP contribution in [-0.2, 0) is 0 Å². The fourth-order valence-corrected chi connectivity index (χ4v) is 3.06. The van der Waals surface area contributed by atoms with Crippen LogP contribution in [0.3, 0.4) is 0 Å². The van der Waals surface area contributed by atoms with Crippen LogP contribution < -0.4 is 5.32 Å². The van der Waals surface area contributed by atoms with Crippen molar-refractivity contribution in [2.24, 2.45) is 0 Å². The van der Waals surface area contributed by atoms with E-state index >= 15 is 0 Å². The summed E-state index contributed by atoms with van der Waals surface area (Å²) in [7, 11) is 0. The summed E-state index contributed by atoms with van der Waals surface area (Å²) in [6.45, 7) is 6.17. The van der Waals surface area contributed by atoms with E-state index in [9.17, 15) is 4.79 Å². The number of hydrogen-bond acceptors (Lipinski definition) is 3. The van der Waals surface area contributed by atoms with Gasteiger partial charge in [-0.3, -0.25) is 4.79 Å². The topological polar surface area (TPSA) is 59.8 Å². The molecule has 0 fully saturated rings. The minimum atomic E-state index is -0.124. The maximum atomic E-state index is 12.7. The number of carbonyl (C=O) groups is 1. The molecule has 1 atom stereocenters. The first-order chi connectivity index (χ1) is 12.0. The number of amides is 1. The molecule has 0 unspecified atom stereocenters. The Labute approximate surface area is 155 Å². The lowest BCUT2D eigenvalue weighted by Crippen LogP contribution is -2.28. The molecule has 1 N–H and O–H groups in total. The largest absolute Gasteiger partial charge is 0.345 e. The Bertz CT molecular complexity index is 886. The molecule has 0 aliphatic heterocycles. The Morgan fingerprint density at radius 1 is 1.24 bits per heavy atom. The molecule has 3 aromatic rings. The van der Waals surface area contributed by atoms with Crippen LogP contribution in [-0.4, -0.2) is 20.7 Å². The zero-order valence-corrected chi connectivity index (χ0v) is 16.1. The van der Waals surface area contributed by atoms with E-state index in [2.05, 4.69) is 52.1 Å². The molecule has 0 aliphatic carbocycles. The standard InChI is InChI=1S/C19H21BrN4O/c1-4-17(13-5-7-16(20)8-6-13)23-19(25)15-9-14-11-22-24(12(2)3)18(14)21-10-15/h5-12,17H,4H2,1-3H3,(H,23,25)/t17-/m1/s1. The zero-order chi connectivity index (χ0) is 18.0. The van der Waals surface area contributed by atoms with Crippen molar-refractivity contribution in [1.29, 1.82) is 0 Å². The van der Waals surface area contributed by atoms with Gasteiger partial charge in [0.25, 0.3) is 5.91 Å². The molecule has 3 rings (SSSR count). The van der Waals surface area contributed by atoms with Crippen LogP contribution in [0.2, 0.25) is 0 Å². The fraction of sp³-hybridized carbons (Fsp3) is 0.316. The van der Waals surface area contributed by atoms with Crippen LogP contribution in [0.1, 0.15) is 55.2 Å². The van der Waals surface area contributed by atoms with Gasteiger partial charge in [0, 0.05) is 22.1 Å². The maximum Gasteiger partial charge on any atom is 0.253 e. The Morgan fingerprint density at radius 3 is 2.60 bits per heavy atom. The number of carbonyl (C=O) groups excluding carboxylic acids is 1. The molecule has 0 aliphatic rings. The molecule has 6 heteroatoms. The summed E-state index contributed by atoms with van der Waals surface area (Å²) in [5.74, 6) is -0.124. The van der Waals surface area contributed by atoms with Gasteiger partial charge in [0.15, 0.2) is 5.65 Å². The van der Waals surface area contributed by atoms with Gasteiger partial charge in [-0.05, 0) is 44.0 Å². The van der Waals surface area contributed by atoms with Crippen LogP contribution in [0.5, 0.6) is 0 Å². The average molecular weight is 401 g/mol. The number of hydrogen-bond donors (Lipinski definition) is 1. The first-order valence-electron chi connectivity index (χ1n) is 8.39. The Kier molecular flexibility index (Phi) is 5.18. The van der Waals surface area contributed by atoms with Crippen molar-refractivity contribution in [2.75, 3.05) is 0 Å². The summed E-state index contributed by atoms with van der Waals surface area (Å²) in [6, 6.07) is 10.1. The number of benzene rings is 1. The molecule has 25 heavy (non-hydrogen) atoms. The van der Waals surface area contributed by atoms with Gasteiger partial charge in [0.2, 0.25) is 0 Å². The second kappa shape index (κ2) is 7.35. The van der Waals surface area contributed by atoms with E-state index in [4.69, 9.17) is 0 Å². The van der Waals surface area contributed by atoms with Gasteiger partial charge in [0.05, 0.1) is 17.8 Å². The van der Waals surface area contributed by atoms with Crippen molar-refractivity contribution in [3.63, 3.8) is 0 Å². The fourth-order valence-electron chi connectivity index (χ4n) is 2.80. The SMILES string of the molecule is CC[C@@H](NC(=O)c1cnc2c(cnn2C(C)C)c1)c1ccc(Br)cc1. The summed E-state index contributed by atoms with van der Waals surface area (Å²) in [5.41, 5.74) is 2.43. The lowest BCUT2D eigenvalue weighted by atomic mass is 10.0. The molecule has 0 radical (unpaired) electrons. The van der Waals surface area contributed by atoms with Gasteiger partial charge in [-0.2, -0.15) is 5.10 Å². The lowest BCUT2D eigenvalue weighted by Gasteiger charge is -2.17. The highest BCUT2D eigenvalue weighted by Gasteiger charge is 2.16. The van der Waals surface area contributed by atoms with E-state index in [0.29, 0.717) is 5.56 Å². The van der Waals surface area contributed by atoms with Gasteiger partial charge in [-0.25, -0.2) is 9.67 Å². The Balaban J connectivity index is 1.82. The number of nitrogens with one attached hydrogen (secondary N) is 1. The zero-order valence-electron chi connectivity index (χ0n) is 14.5. The van der Waals surface area contributed by atoms with Crippen molar-refractivity contribution in [3.8, 4) is 0 Å². The van der Waals surface area contributed by atoms with Crippen molar-refractivity contribution in [1.82, 2.24) is 20.1 Å². The molecule has 0 bridgehead atoms. The summed E-state index contributed by atoms with van der Waals surface area (Å²) >= 11 is 3.44. The molecule has 1 amide bonds. The summed E-state index contributed by atoms with van der Waals surface area (Å²) in [6.07, 6.45) is 4.19. The third kappa shape index (κ3) is 3.74. The number of pyridine rings is 1. The smallest absolute Gasteiger partial charge is 0.253 e. The Hall–Kier alpha value is -2.21. The van der Waals surface area contributed by atoms with E-state index in [1.54, 1.807) is 12.4 Å². The number of fused-ring (bicyclic) bond motifs is 1. The van der Waals surface area contributed by atoms with Crippen molar-refractivity contribution < 1.29 is 4.79 Å². The molecule has 0 saturated heterocycles. The van der Waals surface area contributed by atoms with E-state index in [1.165, 1.54) is 0 Å². The quantitative estimate of drug-likeness (QED) is 0.677. The van der Waals surface area contributed by atoms with Crippen molar-refractivity contribution in [2.45, 2.75) is 39.3 Å². The van der Waals surface area contributed by atoms with Gasteiger partial charge in [-0.15, -0.1) is 0 Å². The molecule has 2 heterocycles. The number of rotatable bonds is 5. The summed E-state index contributed by atoms with van der Waals surface area (Å²) in [5, 5.41) is 8.31. The molecule has 2 aromatic heterocycles. The Morgan fingerprint density at radius 2 is 1.96 bits per heavy atom. The van der Waals surface area contributed by atoms with Gasteiger partial charge >= 0.3 is 0 Å². The van der Waals surface area contributed by atoms with Crippen LogP contribution in [0, 0.1) is 0 Å². The first-order valence-corrected chi connectivity index (χ1v) is 9.18. The lowest BCUT2D eigenvalue weighted by molar-refractivity contribution is 0.0935. The van der Waals surface area contributed by atoms with Gasteiger partial charge < -0.3 is 5.32 Å². The molecule has 130 valence electrons. The van der Waals surface area contributed by atoms with E-state index < -0.39 is 0 Å². The average Bonchev–Trinajstić information content (AvgIpc) is 3.03. The minimum absolute atomic E-state index is 0.0327. The molecule has 1 aromatic carbocycles. The van der Waals surface area contributed by atoms with Crippen LogP contribution in [0.15, 0.2) is 47.2 Å².